The van der Waals surface area contributed by atoms with Gasteiger partial charge in [-0.15, -0.1) is 0 Å². The van der Waals surface area contributed by atoms with Crippen molar-refractivity contribution in [3.63, 3.8) is 0 Å². The molecule has 0 N–H and O–H groups in total. The van der Waals surface area contributed by atoms with Crippen LogP contribution >= 0.6 is 0 Å². The van der Waals surface area contributed by atoms with E-state index in [0.717, 1.165) is 5.33 Å². The van der Waals surface area contributed by atoms with Gasteiger partial charge < -0.3 is 5.53 Å². The molecule has 2 nitrogen and oxygen atoms in total. The van der Waals surface area contributed by atoms with Crippen molar-refractivity contribution in [3.8, 4) is 0 Å². The fourth-order valence-corrected chi connectivity index (χ4v) is 4.70. The molecule has 0 aliphatic heterocycles. The zero-order chi connectivity index (χ0) is 12.1. The quantitative estimate of drug-likeness (QED) is 0.334. The van der Waals surface area contributed by atoms with Crippen molar-refractivity contribution < 1.29 is 4.79 Å². The summed E-state index contributed by atoms with van der Waals surface area (Å²) >= 11 is 0. The van der Waals surface area contributed by atoms with Crippen molar-refractivity contribution in [3.05, 3.63) is 66.2 Å². The molecule has 84 valence electrons. The van der Waals surface area contributed by atoms with E-state index in [-0.39, 0.29) is 0 Å². The Labute approximate surface area is 103 Å². The van der Waals surface area contributed by atoms with E-state index in [9.17, 15) is 0 Å². The highest BCUT2D eigenvalue weighted by Crippen LogP contribution is 1.94. The maximum Gasteiger partial charge on any atom is 0.241 e. The third-order valence-corrected chi connectivity index (χ3v) is 5.90. The lowest BCUT2D eigenvalue weighted by Crippen LogP contribution is -2.48. The van der Waals surface area contributed by atoms with Crippen LogP contribution in [0.5, 0.6) is 0 Å². The zero-order valence-corrected chi connectivity index (χ0v) is 10.9. The van der Waals surface area contributed by atoms with Crippen molar-refractivity contribution in [2.24, 2.45) is 0 Å². The van der Waals surface area contributed by atoms with E-state index in [1.54, 1.807) is 0 Å². The standard InChI is InChI=1S/C14H14N2Si/c1-12(16-15)17(13-8-4-2-5-9-13)14-10-6-3-7-11-14/h2-11,17H,1H3. The summed E-state index contributed by atoms with van der Waals surface area (Å²) in [6.45, 7) is 1.90. The van der Waals surface area contributed by atoms with Gasteiger partial charge in [0.05, 0.1) is 0 Å². The second-order valence-electron chi connectivity index (χ2n) is 4.00. The highest BCUT2D eigenvalue weighted by atomic mass is 28.3. The maximum atomic E-state index is 9.05. The summed E-state index contributed by atoms with van der Waals surface area (Å²) in [5.41, 5.74) is 9.05. The van der Waals surface area contributed by atoms with Gasteiger partial charge in [0.25, 0.3) is 0 Å². The smallest absolute Gasteiger partial charge is 0.241 e. The summed E-state index contributed by atoms with van der Waals surface area (Å²) in [6.07, 6.45) is 0. The van der Waals surface area contributed by atoms with Crippen LogP contribution in [0.15, 0.2) is 60.7 Å². The van der Waals surface area contributed by atoms with Gasteiger partial charge in [-0.05, 0) is 10.4 Å². The molecule has 0 aromatic heterocycles. The average molecular weight is 238 g/mol. The van der Waals surface area contributed by atoms with E-state index in [4.69, 9.17) is 5.53 Å². The van der Waals surface area contributed by atoms with Crippen LogP contribution in [0.3, 0.4) is 0 Å². The van der Waals surface area contributed by atoms with Crippen LogP contribution < -0.4 is 10.4 Å². The Bertz CT molecular complexity index is 491. The lowest BCUT2D eigenvalue weighted by atomic mass is 10.4. The summed E-state index contributed by atoms with van der Waals surface area (Å²) in [5.74, 6) is 0. The molecule has 0 bridgehead atoms. The lowest BCUT2D eigenvalue weighted by Gasteiger charge is -2.09. The van der Waals surface area contributed by atoms with Gasteiger partial charge in [-0.25, -0.2) is 0 Å². The number of hydrogen-bond acceptors (Lipinski definition) is 0. The molecule has 0 saturated heterocycles. The Morgan fingerprint density at radius 1 is 0.882 bits per heavy atom. The zero-order valence-electron chi connectivity index (χ0n) is 9.75. The molecule has 0 fully saturated rings. The molecule has 2 aromatic rings. The van der Waals surface area contributed by atoms with Gasteiger partial charge in [0.15, 0.2) is 0 Å². The van der Waals surface area contributed by atoms with Gasteiger partial charge in [0.2, 0.25) is 14.1 Å². The van der Waals surface area contributed by atoms with Gasteiger partial charge in [0.1, 0.15) is 0 Å². The summed E-state index contributed by atoms with van der Waals surface area (Å²) in [4.78, 5) is 3.42. The minimum atomic E-state index is -1.54. The molecule has 0 saturated carbocycles. The van der Waals surface area contributed by atoms with Crippen molar-refractivity contribution in [2.75, 3.05) is 0 Å². The van der Waals surface area contributed by atoms with E-state index in [0.29, 0.717) is 0 Å². The molecular weight excluding hydrogens is 224 g/mol. The van der Waals surface area contributed by atoms with Crippen molar-refractivity contribution in [1.82, 2.24) is 0 Å². The van der Waals surface area contributed by atoms with Gasteiger partial charge >= 0.3 is 0 Å². The van der Waals surface area contributed by atoms with Crippen LogP contribution in [0, 0.1) is 0 Å². The molecule has 2 rings (SSSR count). The van der Waals surface area contributed by atoms with Crippen molar-refractivity contribution >= 4 is 24.5 Å². The predicted molar refractivity (Wildman–Crippen MR) is 73.6 cm³/mol. The Morgan fingerprint density at radius 2 is 1.29 bits per heavy atom. The van der Waals surface area contributed by atoms with Gasteiger partial charge in [0, 0.05) is 6.92 Å². The molecule has 0 aliphatic rings. The van der Waals surface area contributed by atoms with E-state index in [1.165, 1.54) is 10.4 Å². The van der Waals surface area contributed by atoms with Crippen LogP contribution in [-0.2, 0) is 0 Å². The normalized spacial score (nSPS) is 10.0. The monoisotopic (exact) mass is 238 g/mol. The first-order chi connectivity index (χ1) is 8.33. The van der Waals surface area contributed by atoms with Gasteiger partial charge in [-0.1, -0.05) is 60.7 Å². The average Bonchev–Trinajstić information content (AvgIpc) is 2.41. The molecular formula is C14H14N2Si. The molecule has 0 amide bonds. The molecule has 3 heteroatoms. The summed E-state index contributed by atoms with van der Waals surface area (Å²) in [6, 6.07) is 20.6. The second-order valence-corrected chi connectivity index (χ2v) is 7.03. The fourth-order valence-electron chi connectivity index (χ4n) is 2.02. The molecule has 17 heavy (non-hydrogen) atoms. The molecule has 0 heterocycles. The van der Waals surface area contributed by atoms with E-state index >= 15 is 0 Å². The molecule has 2 aromatic carbocycles. The summed E-state index contributed by atoms with van der Waals surface area (Å²) in [5, 5.41) is 3.38. The van der Waals surface area contributed by atoms with E-state index in [1.807, 2.05) is 43.3 Å². The Balaban J connectivity index is 2.51. The Morgan fingerprint density at radius 3 is 1.65 bits per heavy atom. The first-order valence-electron chi connectivity index (χ1n) is 5.61. The third kappa shape index (κ3) is 2.59. The van der Waals surface area contributed by atoms with Crippen LogP contribution in [0.25, 0.3) is 5.53 Å². The van der Waals surface area contributed by atoms with Crippen LogP contribution in [0.4, 0.5) is 0 Å². The van der Waals surface area contributed by atoms with Crippen molar-refractivity contribution in [2.45, 2.75) is 6.92 Å². The molecule has 0 aliphatic carbocycles. The van der Waals surface area contributed by atoms with Crippen molar-refractivity contribution in [1.29, 1.82) is 0 Å². The minimum absolute atomic E-state index is 0.836. The topological polar surface area (TPSA) is 36.4 Å². The number of hydrogen-bond donors (Lipinski definition) is 0. The second kappa shape index (κ2) is 5.39. The maximum absolute atomic E-state index is 9.05. The summed E-state index contributed by atoms with van der Waals surface area (Å²) < 4.78 is 0. The highest BCUT2D eigenvalue weighted by molar-refractivity contribution is 7.07. The summed E-state index contributed by atoms with van der Waals surface area (Å²) in [7, 11) is -1.54. The number of nitrogens with zero attached hydrogens (tertiary/aromatic N) is 2. The largest absolute Gasteiger partial charge is 0.362 e. The van der Waals surface area contributed by atoms with Crippen LogP contribution in [0.1, 0.15) is 6.92 Å². The van der Waals surface area contributed by atoms with E-state index < -0.39 is 8.80 Å². The molecule has 0 atom stereocenters. The molecule has 0 spiro atoms. The first kappa shape index (κ1) is 11.5. The molecule has 0 radical (unpaired) electrons. The molecule has 0 unspecified atom stereocenters. The lowest BCUT2D eigenvalue weighted by molar-refractivity contribution is -0.00139. The van der Waals surface area contributed by atoms with Gasteiger partial charge in [-0.2, -0.15) is 4.79 Å². The SMILES string of the molecule is CC(=[N+]=[N-])[SiH](c1ccccc1)c1ccccc1. The first-order valence-corrected chi connectivity index (χ1v) is 7.34. The van der Waals surface area contributed by atoms with Crippen LogP contribution in [0.2, 0.25) is 0 Å². The fraction of sp³-hybridized carbons (Fsp3) is 0.0714. The third-order valence-electron chi connectivity index (χ3n) is 2.84. The highest BCUT2D eigenvalue weighted by Gasteiger charge is 2.25. The number of benzene rings is 2. The Hall–Kier alpha value is -1.96. The van der Waals surface area contributed by atoms with E-state index in [2.05, 4.69) is 29.1 Å². The van der Waals surface area contributed by atoms with Gasteiger partial charge in [-0.3, -0.25) is 0 Å². The van der Waals surface area contributed by atoms with Crippen LogP contribution in [-0.4, -0.2) is 18.9 Å². The number of rotatable bonds is 3. The minimum Gasteiger partial charge on any atom is -0.362 e. The predicted octanol–water partition coefficient (Wildman–Crippen LogP) is 1.26. The Kier molecular flexibility index (Phi) is 3.65.